The van der Waals surface area contributed by atoms with Gasteiger partial charge in [-0.25, -0.2) is 0 Å². The lowest BCUT2D eigenvalue weighted by Gasteiger charge is -2.52. The summed E-state index contributed by atoms with van der Waals surface area (Å²) in [4.78, 5) is 21.8. The number of hydrogen-bond donors (Lipinski definition) is 2. The Labute approximate surface area is 114 Å². The summed E-state index contributed by atoms with van der Waals surface area (Å²) in [5, 5.41) is 13.2. The summed E-state index contributed by atoms with van der Waals surface area (Å²) in [5.74, 6) is -0.783. The van der Waals surface area contributed by atoms with Crippen molar-refractivity contribution in [1.29, 1.82) is 0 Å². The number of amides is 1. The minimum atomic E-state index is -0.688. The Hall–Kier alpha value is -1.93. The van der Waals surface area contributed by atoms with Crippen molar-refractivity contribution in [3.8, 4) is 0 Å². The van der Waals surface area contributed by atoms with Gasteiger partial charge in [-0.1, -0.05) is 0 Å². The molecule has 1 aliphatic carbocycles. The molecule has 8 heteroatoms. The van der Waals surface area contributed by atoms with Crippen LogP contribution in [0.4, 0.5) is 5.88 Å². The Balaban J connectivity index is 1.65. The highest BCUT2D eigenvalue weighted by molar-refractivity contribution is 5.92. The van der Waals surface area contributed by atoms with Crippen LogP contribution in [-0.2, 0) is 4.74 Å². The SMILES string of the molecule is NC1C2CCCOC2C1NC(=O)c1ccc([N+](=O)[O-])o1. The molecule has 108 valence electrons. The highest BCUT2D eigenvalue weighted by Crippen LogP contribution is 2.37. The van der Waals surface area contributed by atoms with Crippen LogP contribution in [-0.4, -0.2) is 35.6 Å². The van der Waals surface area contributed by atoms with Crippen LogP contribution >= 0.6 is 0 Å². The van der Waals surface area contributed by atoms with Crippen molar-refractivity contribution < 1.29 is 18.9 Å². The average Bonchev–Trinajstić information content (AvgIpc) is 2.94. The Morgan fingerprint density at radius 2 is 2.30 bits per heavy atom. The Morgan fingerprint density at radius 3 is 3.00 bits per heavy atom. The molecular weight excluding hydrogens is 266 g/mol. The van der Waals surface area contributed by atoms with E-state index in [1.165, 1.54) is 6.07 Å². The van der Waals surface area contributed by atoms with Crippen LogP contribution < -0.4 is 11.1 Å². The zero-order chi connectivity index (χ0) is 14.3. The zero-order valence-electron chi connectivity index (χ0n) is 10.7. The first-order chi connectivity index (χ1) is 9.58. The van der Waals surface area contributed by atoms with Crippen molar-refractivity contribution in [2.24, 2.45) is 11.7 Å². The maximum Gasteiger partial charge on any atom is 0.433 e. The molecule has 4 atom stereocenters. The lowest BCUT2D eigenvalue weighted by molar-refractivity contribution is -0.402. The third kappa shape index (κ3) is 2.06. The summed E-state index contributed by atoms with van der Waals surface area (Å²) in [5.41, 5.74) is 6.02. The molecule has 20 heavy (non-hydrogen) atoms. The molecule has 2 fully saturated rings. The van der Waals surface area contributed by atoms with Crippen molar-refractivity contribution in [3.05, 3.63) is 28.0 Å². The molecule has 1 saturated heterocycles. The van der Waals surface area contributed by atoms with E-state index in [0.717, 1.165) is 18.9 Å². The third-order valence-electron chi connectivity index (χ3n) is 3.97. The van der Waals surface area contributed by atoms with Crippen LogP contribution in [0.2, 0.25) is 0 Å². The summed E-state index contributed by atoms with van der Waals surface area (Å²) >= 11 is 0. The molecule has 0 aromatic carbocycles. The van der Waals surface area contributed by atoms with Gasteiger partial charge in [-0.15, -0.1) is 0 Å². The molecule has 1 aliphatic heterocycles. The van der Waals surface area contributed by atoms with Gasteiger partial charge in [0.05, 0.1) is 18.2 Å². The molecule has 4 unspecified atom stereocenters. The number of rotatable bonds is 3. The van der Waals surface area contributed by atoms with Crippen molar-refractivity contribution in [3.63, 3.8) is 0 Å². The van der Waals surface area contributed by atoms with E-state index in [2.05, 4.69) is 5.32 Å². The normalized spacial score (nSPS) is 32.0. The van der Waals surface area contributed by atoms with Gasteiger partial charge in [-0.2, -0.15) is 0 Å². The molecule has 1 amide bonds. The van der Waals surface area contributed by atoms with E-state index in [-0.39, 0.29) is 29.9 Å². The van der Waals surface area contributed by atoms with Gasteiger partial charge < -0.3 is 20.2 Å². The molecule has 0 bridgehead atoms. The minimum Gasteiger partial charge on any atom is -0.395 e. The fourth-order valence-corrected chi connectivity index (χ4v) is 2.90. The maximum absolute atomic E-state index is 12.0. The molecule has 3 N–H and O–H groups in total. The first-order valence-electron chi connectivity index (χ1n) is 6.50. The molecule has 1 aromatic rings. The minimum absolute atomic E-state index is 0.0624. The van der Waals surface area contributed by atoms with E-state index in [4.69, 9.17) is 14.9 Å². The van der Waals surface area contributed by atoms with Crippen LogP contribution in [0.1, 0.15) is 23.4 Å². The second-order valence-electron chi connectivity index (χ2n) is 5.11. The maximum atomic E-state index is 12.0. The number of carbonyl (C=O) groups is 1. The number of nitro groups is 1. The Morgan fingerprint density at radius 1 is 1.50 bits per heavy atom. The van der Waals surface area contributed by atoms with E-state index in [1.54, 1.807) is 0 Å². The quantitative estimate of drug-likeness (QED) is 0.612. The smallest absolute Gasteiger partial charge is 0.395 e. The van der Waals surface area contributed by atoms with Crippen LogP contribution in [0, 0.1) is 16.0 Å². The fourth-order valence-electron chi connectivity index (χ4n) is 2.90. The highest BCUT2D eigenvalue weighted by Gasteiger charge is 2.51. The largest absolute Gasteiger partial charge is 0.433 e. The molecule has 3 rings (SSSR count). The number of hydrogen-bond acceptors (Lipinski definition) is 6. The summed E-state index contributed by atoms with van der Waals surface area (Å²) in [6.07, 6.45) is 1.93. The third-order valence-corrected chi connectivity index (χ3v) is 3.97. The lowest BCUT2D eigenvalue weighted by Crippen LogP contribution is -2.72. The van der Waals surface area contributed by atoms with Crippen LogP contribution in [0.5, 0.6) is 0 Å². The standard InChI is InChI=1S/C12H15N3O5/c13-9-6-2-1-5-19-11(6)10(9)14-12(16)7-3-4-8(20-7)15(17)18/h3-4,6,9-11H,1-2,5,13H2,(H,14,16). The van der Waals surface area contributed by atoms with E-state index < -0.39 is 16.7 Å². The number of furan rings is 1. The number of nitrogens with two attached hydrogens (primary N) is 1. The van der Waals surface area contributed by atoms with Crippen molar-refractivity contribution in [1.82, 2.24) is 5.32 Å². The summed E-state index contributed by atoms with van der Waals surface area (Å²) < 4.78 is 10.5. The van der Waals surface area contributed by atoms with Crippen LogP contribution in [0.3, 0.4) is 0 Å². The van der Waals surface area contributed by atoms with Crippen LogP contribution in [0.25, 0.3) is 0 Å². The lowest BCUT2D eigenvalue weighted by atomic mass is 9.68. The molecule has 0 spiro atoms. The van der Waals surface area contributed by atoms with E-state index in [0.29, 0.717) is 6.61 Å². The van der Waals surface area contributed by atoms with Gasteiger partial charge in [0, 0.05) is 18.6 Å². The van der Waals surface area contributed by atoms with Crippen LogP contribution in [0.15, 0.2) is 16.5 Å². The molecule has 1 saturated carbocycles. The number of nitrogens with zero attached hydrogens (tertiary/aromatic N) is 1. The Kier molecular flexibility index (Phi) is 3.19. The molecule has 2 aliphatic rings. The first-order valence-corrected chi connectivity index (χ1v) is 6.50. The van der Waals surface area contributed by atoms with Gasteiger partial charge in [0.25, 0.3) is 5.91 Å². The summed E-state index contributed by atoms with van der Waals surface area (Å²) in [6, 6.07) is 2.01. The van der Waals surface area contributed by atoms with Gasteiger partial charge in [0.15, 0.2) is 5.76 Å². The van der Waals surface area contributed by atoms with E-state index >= 15 is 0 Å². The van der Waals surface area contributed by atoms with Gasteiger partial charge in [-0.3, -0.25) is 14.9 Å². The number of fused-ring (bicyclic) bond motifs is 1. The van der Waals surface area contributed by atoms with E-state index in [9.17, 15) is 14.9 Å². The second kappa shape index (κ2) is 4.88. The fraction of sp³-hybridized carbons (Fsp3) is 0.583. The molecular formula is C12H15N3O5. The van der Waals surface area contributed by atoms with E-state index in [1.807, 2.05) is 0 Å². The molecule has 0 radical (unpaired) electrons. The average molecular weight is 281 g/mol. The number of nitrogens with one attached hydrogen (secondary N) is 1. The molecule has 2 heterocycles. The predicted molar refractivity (Wildman–Crippen MR) is 67.1 cm³/mol. The van der Waals surface area contributed by atoms with Gasteiger partial charge in [-0.05, 0) is 18.9 Å². The molecule has 8 nitrogen and oxygen atoms in total. The summed E-state index contributed by atoms with van der Waals surface area (Å²) in [7, 11) is 0. The zero-order valence-corrected chi connectivity index (χ0v) is 10.7. The van der Waals surface area contributed by atoms with Gasteiger partial charge in [0.1, 0.15) is 4.92 Å². The number of ether oxygens (including phenoxy) is 1. The van der Waals surface area contributed by atoms with Crippen molar-refractivity contribution in [2.45, 2.75) is 31.0 Å². The topological polar surface area (TPSA) is 121 Å². The number of carbonyl (C=O) groups excluding carboxylic acids is 1. The highest BCUT2D eigenvalue weighted by atomic mass is 16.6. The van der Waals surface area contributed by atoms with Gasteiger partial charge >= 0.3 is 5.88 Å². The van der Waals surface area contributed by atoms with Crippen molar-refractivity contribution in [2.75, 3.05) is 6.61 Å². The second-order valence-corrected chi connectivity index (χ2v) is 5.11. The Bertz CT molecular complexity index is 543. The predicted octanol–water partition coefficient (Wildman–Crippen LogP) is 0.422. The summed E-state index contributed by atoms with van der Waals surface area (Å²) in [6.45, 7) is 0.673. The molecule has 1 aromatic heterocycles. The first kappa shape index (κ1) is 13.1. The van der Waals surface area contributed by atoms with Gasteiger partial charge in [0.2, 0.25) is 0 Å². The monoisotopic (exact) mass is 281 g/mol. The van der Waals surface area contributed by atoms with Crippen molar-refractivity contribution >= 4 is 11.8 Å².